The van der Waals surface area contributed by atoms with Crippen LogP contribution in [0.4, 0.5) is 10.1 Å². The van der Waals surface area contributed by atoms with E-state index >= 15 is 0 Å². The van der Waals surface area contributed by atoms with Crippen molar-refractivity contribution < 1.29 is 22.7 Å². The molecule has 1 atom stereocenters. The first kappa shape index (κ1) is 20.3. The van der Waals surface area contributed by atoms with E-state index in [0.717, 1.165) is 18.9 Å². The number of sulfonamides is 1. The highest BCUT2D eigenvalue weighted by molar-refractivity contribution is 7.92. The van der Waals surface area contributed by atoms with Crippen molar-refractivity contribution in [1.29, 1.82) is 0 Å². The molecule has 1 fully saturated rings. The normalized spacial score (nSPS) is 17.4. The number of nitrogens with one attached hydrogen (secondary N) is 1. The fraction of sp³-hybridized carbons (Fsp3) is 0.350. The van der Waals surface area contributed by atoms with Crippen LogP contribution >= 0.6 is 0 Å². The number of piperidine rings is 1. The number of hydrogen-bond donors (Lipinski definition) is 2. The average Bonchev–Trinajstić information content (AvgIpc) is 2.69. The van der Waals surface area contributed by atoms with Gasteiger partial charge in [0.15, 0.2) is 0 Å². The molecule has 0 aliphatic carbocycles. The van der Waals surface area contributed by atoms with Crippen LogP contribution in [0.15, 0.2) is 47.4 Å². The van der Waals surface area contributed by atoms with Gasteiger partial charge in [-0.3, -0.25) is 9.52 Å². The summed E-state index contributed by atoms with van der Waals surface area (Å²) in [6.07, 6.45) is 1.76. The lowest BCUT2D eigenvalue weighted by Gasteiger charge is -2.31. The molecule has 1 saturated heterocycles. The Bertz CT molecular complexity index is 961. The Labute approximate surface area is 164 Å². The van der Waals surface area contributed by atoms with E-state index < -0.39 is 15.8 Å². The van der Waals surface area contributed by atoms with Gasteiger partial charge in [0.2, 0.25) is 0 Å². The molecule has 28 heavy (non-hydrogen) atoms. The molecule has 1 heterocycles. The lowest BCUT2D eigenvalue weighted by molar-refractivity contribution is 0.0620. The number of aliphatic hydroxyl groups is 1. The van der Waals surface area contributed by atoms with Crippen LogP contribution in [0.1, 0.15) is 28.8 Å². The highest BCUT2D eigenvalue weighted by atomic mass is 32.2. The maximum atomic E-state index is 13.4. The van der Waals surface area contributed by atoms with Gasteiger partial charge in [0.1, 0.15) is 5.82 Å². The van der Waals surface area contributed by atoms with Gasteiger partial charge in [0, 0.05) is 30.9 Å². The molecule has 2 aromatic carbocycles. The first-order valence-corrected chi connectivity index (χ1v) is 10.6. The van der Waals surface area contributed by atoms with Crippen molar-refractivity contribution in [2.75, 3.05) is 24.4 Å². The number of halogens is 1. The topological polar surface area (TPSA) is 86.7 Å². The van der Waals surface area contributed by atoms with Crippen molar-refractivity contribution in [2.45, 2.75) is 24.7 Å². The first-order chi connectivity index (χ1) is 13.3. The van der Waals surface area contributed by atoms with E-state index in [1.54, 1.807) is 17.0 Å². The molecule has 2 N–H and O–H groups in total. The predicted octanol–water partition coefficient (Wildman–Crippen LogP) is 2.78. The smallest absolute Gasteiger partial charge is 0.261 e. The highest BCUT2D eigenvalue weighted by Crippen LogP contribution is 2.21. The summed E-state index contributed by atoms with van der Waals surface area (Å²) in [5.74, 6) is -0.507. The number of likely N-dealkylation sites (tertiary alicyclic amines) is 1. The predicted molar refractivity (Wildman–Crippen MR) is 104 cm³/mol. The monoisotopic (exact) mass is 406 g/mol. The molecule has 2 aromatic rings. The van der Waals surface area contributed by atoms with Crippen LogP contribution in [0.2, 0.25) is 0 Å². The van der Waals surface area contributed by atoms with Gasteiger partial charge in [-0.2, -0.15) is 0 Å². The molecule has 3 rings (SSSR count). The zero-order valence-electron chi connectivity index (χ0n) is 15.6. The van der Waals surface area contributed by atoms with Gasteiger partial charge in [-0.15, -0.1) is 0 Å². The molecule has 0 radical (unpaired) electrons. The molecule has 6 nitrogen and oxygen atoms in total. The standard InChI is InChI=1S/C20H23FN2O4S/c1-14-11-18(8-9-19(14)21)28(26,27)22-17-6-4-16(5-7-17)20(25)23-10-2-3-15(12-23)13-24/h4-9,11,15,22,24H,2-3,10,12-13H2,1H3. The lowest BCUT2D eigenvalue weighted by Crippen LogP contribution is -2.40. The van der Waals surface area contributed by atoms with Gasteiger partial charge in [0.25, 0.3) is 15.9 Å². The van der Waals surface area contributed by atoms with Crippen LogP contribution < -0.4 is 4.72 Å². The number of aryl methyl sites for hydroxylation is 1. The van der Waals surface area contributed by atoms with Gasteiger partial charge in [-0.05, 0) is 73.7 Å². The van der Waals surface area contributed by atoms with Crippen LogP contribution in [0, 0.1) is 18.7 Å². The number of rotatable bonds is 5. The summed E-state index contributed by atoms with van der Waals surface area (Å²) in [4.78, 5) is 14.3. The molecule has 0 spiro atoms. The third-order valence-corrected chi connectivity index (χ3v) is 6.27. The number of aliphatic hydroxyl groups excluding tert-OH is 1. The maximum absolute atomic E-state index is 13.4. The molecule has 0 aromatic heterocycles. The van der Waals surface area contributed by atoms with Crippen LogP contribution in [0.25, 0.3) is 0 Å². The van der Waals surface area contributed by atoms with E-state index in [0.29, 0.717) is 24.3 Å². The van der Waals surface area contributed by atoms with E-state index in [1.807, 2.05) is 0 Å². The van der Waals surface area contributed by atoms with Crippen molar-refractivity contribution in [1.82, 2.24) is 4.90 Å². The molecule has 150 valence electrons. The summed E-state index contributed by atoms with van der Waals surface area (Å²) in [5, 5.41) is 9.31. The molecule has 1 amide bonds. The fourth-order valence-corrected chi connectivity index (χ4v) is 4.40. The van der Waals surface area contributed by atoms with Gasteiger partial charge >= 0.3 is 0 Å². The Morgan fingerprint density at radius 2 is 1.96 bits per heavy atom. The fourth-order valence-electron chi connectivity index (χ4n) is 3.26. The lowest BCUT2D eigenvalue weighted by atomic mass is 9.98. The summed E-state index contributed by atoms with van der Waals surface area (Å²) in [5.41, 5.74) is 1.01. The molecule has 0 bridgehead atoms. The Morgan fingerprint density at radius 3 is 2.61 bits per heavy atom. The Balaban J connectivity index is 1.71. The highest BCUT2D eigenvalue weighted by Gasteiger charge is 2.24. The van der Waals surface area contributed by atoms with Crippen molar-refractivity contribution in [3.63, 3.8) is 0 Å². The Morgan fingerprint density at radius 1 is 1.25 bits per heavy atom. The zero-order valence-corrected chi connectivity index (χ0v) is 16.4. The van der Waals surface area contributed by atoms with E-state index in [4.69, 9.17) is 0 Å². The van der Waals surface area contributed by atoms with Gasteiger partial charge in [0.05, 0.1) is 4.90 Å². The van der Waals surface area contributed by atoms with Gasteiger partial charge in [-0.25, -0.2) is 12.8 Å². The molecule has 1 unspecified atom stereocenters. The number of anilines is 1. The quantitative estimate of drug-likeness (QED) is 0.799. The minimum atomic E-state index is -3.86. The number of carbonyl (C=O) groups is 1. The molecule has 1 aliphatic rings. The third kappa shape index (κ3) is 4.51. The van der Waals surface area contributed by atoms with Crippen LogP contribution in [-0.2, 0) is 10.0 Å². The van der Waals surface area contributed by atoms with E-state index in [9.17, 15) is 22.7 Å². The first-order valence-electron chi connectivity index (χ1n) is 9.09. The summed E-state index contributed by atoms with van der Waals surface area (Å²) in [7, 11) is -3.86. The second-order valence-corrected chi connectivity index (χ2v) is 8.72. The molecule has 0 saturated carbocycles. The maximum Gasteiger partial charge on any atom is 0.261 e. The van der Waals surface area contributed by atoms with Crippen LogP contribution in [-0.4, -0.2) is 44.0 Å². The van der Waals surface area contributed by atoms with Crippen molar-refractivity contribution >= 4 is 21.6 Å². The Hall–Kier alpha value is -2.45. The molecular weight excluding hydrogens is 383 g/mol. The van der Waals surface area contributed by atoms with Crippen LogP contribution in [0.5, 0.6) is 0 Å². The largest absolute Gasteiger partial charge is 0.396 e. The zero-order chi connectivity index (χ0) is 20.3. The second kappa shape index (κ2) is 8.28. The third-order valence-electron chi connectivity index (χ3n) is 4.89. The van der Waals surface area contributed by atoms with Crippen molar-refractivity contribution in [3.05, 3.63) is 59.4 Å². The van der Waals surface area contributed by atoms with E-state index in [-0.39, 0.29) is 28.9 Å². The summed E-state index contributed by atoms with van der Waals surface area (Å²) in [6.45, 7) is 2.73. The SMILES string of the molecule is Cc1cc(S(=O)(=O)Nc2ccc(C(=O)N3CCCC(CO)C3)cc2)ccc1F. The minimum absolute atomic E-state index is 0.0325. The van der Waals surface area contributed by atoms with E-state index in [1.165, 1.54) is 31.2 Å². The number of hydrogen-bond acceptors (Lipinski definition) is 4. The molecule has 8 heteroatoms. The number of amides is 1. The Kier molecular flexibility index (Phi) is 6.00. The second-order valence-electron chi connectivity index (χ2n) is 7.04. The van der Waals surface area contributed by atoms with Crippen LogP contribution in [0.3, 0.4) is 0 Å². The summed E-state index contributed by atoms with van der Waals surface area (Å²) >= 11 is 0. The molecule has 1 aliphatic heterocycles. The van der Waals surface area contributed by atoms with Gasteiger partial charge in [-0.1, -0.05) is 0 Å². The van der Waals surface area contributed by atoms with Gasteiger partial charge < -0.3 is 10.0 Å². The minimum Gasteiger partial charge on any atom is -0.396 e. The van der Waals surface area contributed by atoms with Crippen molar-refractivity contribution in [3.8, 4) is 0 Å². The summed E-state index contributed by atoms with van der Waals surface area (Å²) in [6, 6.07) is 9.77. The number of carbonyl (C=O) groups excluding carboxylic acids is 1. The number of benzene rings is 2. The van der Waals surface area contributed by atoms with Crippen molar-refractivity contribution in [2.24, 2.45) is 5.92 Å². The molecular formula is C20H23FN2O4S. The number of nitrogens with zero attached hydrogens (tertiary/aromatic N) is 1. The summed E-state index contributed by atoms with van der Waals surface area (Å²) < 4.78 is 40.7. The van der Waals surface area contributed by atoms with E-state index in [2.05, 4.69) is 4.72 Å². The average molecular weight is 406 g/mol.